The summed E-state index contributed by atoms with van der Waals surface area (Å²) in [6.45, 7) is 4.34. The Morgan fingerprint density at radius 2 is 2.04 bits per heavy atom. The van der Waals surface area contributed by atoms with E-state index in [9.17, 15) is 15.0 Å². The molecular weight excluding hydrogens is 328 g/mol. The Morgan fingerprint density at radius 1 is 1.27 bits per heavy atom. The second-order valence-electron chi connectivity index (χ2n) is 8.27. The topological polar surface area (TPSA) is 66.8 Å². The van der Waals surface area contributed by atoms with E-state index in [2.05, 4.69) is 13.8 Å². The summed E-state index contributed by atoms with van der Waals surface area (Å²) in [5.41, 5.74) is 1.94. The minimum Gasteiger partial charge on any atom is -0.465 e. The molecule has 0 aromatic heterocycles. The zero-order valence-electron chi connectivity index (χ0n) is 16.3. The Balaban J connectivity index is 2.05. The molecule has 4 atom stereocenters. The van der Waals surface area contributed by atoms with Gasteiger partial charge in [-0.3, -0.25) is 0 Å². The first-order valence-corrected chi connectivity index (χ1v) is 10.0. The first-order chi connectivity index (χ1) is 12.4. The van der Waals surface area contributed by atoms with E-state index in [-0.39, 0.29) is 11.4 Å². The van der Waals surface area contributed by atoms with E-state index in [0.717, 1.165) is 50.5 Å². The molecule has 0 radical (unpaired) electrons. The van der Waals surface area contributed by atoms with Crippen molar-refractivity contribution in [2.75, 3.05) is 7.11 Å². The molecule has 26 heavy (non-hydrogen) atoms. The predicted octanol–water partition coefficient (Wildman–Crippen LogP) is 4.28. The molecule has 2 aliphatic carbocycles. The molecule has 144 valence electrons. The van der Waals surface area contributed by atoms with Gasteiger partial charge < -0.3 is 14.9 Å². The van der Waals surface area contributed by atoms with Crippen LogP contribution < -0.4 is 0 Å². The summed E-state index contributed by atoms with van der Waals surface area (Å²) in [6.07, 6.45) is 6.38. The van der Waals surface area contributed by atoms with Gasteiger partial charge in [-0.05, 0) is 79.5 Å². The van der Waals surface area contributed by atoms with Gasteiger partial charge in [0, 0.05) is 0 Å². The molecule has 0 amide bonds. The van der Waals surface area contributed by atoms with Crippen molar-refractivity contribution in [1.82, 2.24) is 0 Å². The van der Waals surface area contributed by atoms with Crippen molar-refractivity contribution < 1.29 is 19.7 Å². The van der Waals surface area contributed by atoms with Crippen LogP contribution in [0.2, 0.25) is 0 Å². The maximum absolute atomic E-state index is 11.9. The Bertz CT molecular complexity index is 670. The maximum Gasteiger partial charge on any atom is 0.337 e. The first kappa shape index (κ1) is 19.4. The summed E-state index contributed by atoms with van der Waals surface area (Å²) in [5, 5.41) is 21.8. The van der Waals surface area contributed by atoms with E-state index in [1.807, 2.05) is 18.2 Å². The minimum atomic E-state index is -0.570. The number of carbonyl (C=O) groups excluding carboxylic acids is 1. The monoisotopic (exact) mass is 360 g/mol. The molecule has 4 heteroatoms. The highest BCUT2D eigenvalue weighted by molar-refractivity contribution is 5.89. The summed E-state index contributed by atoms with van der Waals surface area (Å²) >= 11 is 0. The van der Waals surface area contributed by atoms with Crippen molar-refractivity contribution in [3.05, 3.63) is 34.9 Å². The largest absolute Gasteiger partial charge is 0.465 e. The average Bonchev–Trinajstić information content (AvgIpc) is 2.76. The smallest absolute Gasteiger partial charge is 0.337 e. The Morgan fingerprint density at radius 3 is 2.69 bits per heavy atom. The Hall–Kier alpha value is -1.39. The van der Waals surface area contributed by atoms with Crippen LogP contribution >= 0.6 is 0 Å². The number of hydrogen-bond donors (Lipinski definition) is 2. The molecule has 4 nitrogen and oxygen atoms in total. The van der Waals surface area contributed by atoms with Gasteiger partial charge in [-0.1, -0.05) is 26.3 Å². The Labute approximate surface area is 156 Å². The minimum absolute atomic E-state index is 0.0264. The third-order valence-corrected chi connectivity index (χ3v) is 6.95. The van der Waals surface area contributed by atoms with Gasteiger partial charge in [0.1, 0.15) is 0 Å². The van der Waals surface area contributed by atoms with Gasteiger partial charge in [0.05, 0.1) is 24.4 Å². The van der Waals surface area contributed by atoms with Gasteiger partial charge in [0.25, 0.3) is 0 Å². The molecule has 0 saturated heterocycles. The molecule has 1 aromatic carbocycles. The van der Waals surface area contributed by atoms with Crippen molar-refractivity contribution in [3.8, 4) is 0 Å². The van der Waals surface area contributed by atoms with Gasteiger partial charge in [-0.25, -0.2) is 4.79 Å². The molecule has 0 bridgehead atoms. The van der Waals surface area contributed by atoms with Gasteiger partial charge in [0.15, 0.2) is 0 Å². The molecule has 0 aliphatic heterocycles. The normalized spacial score (nSPS) is 33.7. The lowest BCUT2D eigenvalue weighted by molar-refractivity contribution is -0.0549. The van der Waals surface area contributed by atoms with Crippen molar-refractivity contribution in [2.24, 2.45) is 5.92 Å². The zero-order valence-corrected chi connectivity index (χ0v) is 16.3. The Kier molecular flexibility index (Phi) is 5.45. The van der Waals surface area contributed by atoms with E-state index >= 15 is 0 Å². The van der Waals surface area contributed by atoms with Crippen LogP contribution in [-0.4, -0.2) is 28.9 Å². The van der Waals surface area contributed by atoms with Crippen LogP contribution in [0.15, 0.2) is 18.2 Å². The quantitative estimate of drug-likeness (QED) is 0.787. The molecule has 0 heterocycles. The lowest BCUT2D eigenvalue weighted by Gasteiger charge is -2.50. The van der Waals surface area contributed by atoms with E-state index in [1.54, 1.807) is 0 Å². The maximum atomic E-state index is 11.9. The number of aliphatic hydroxyl groups is 2. The number of rotatable bonds is 4. The number of methoxy groups -OCH3 is 1. The molecular formula is C22H32O4. The van der Waals surface area contributed by atoms with Gasteiger partial charge in [0.2, 0.25) is 0 Å². The van der Waals surface area contributed by atoms with Crippen LogP contribution in [-0.2, 0) is 10.2 Å². The number of fused-ring (bicyclic) bond motifs is 3. The van der Waals surface area contributed by atoms with Crippen molar-refractivity contribution in [3.63, 3.8) is 0 Å². The highest BCUT2D eigenvalue weighted by Crippen LogP contribution is 2.55. The third-order valence-electron chi connectivity index (χ3n) is 6.95. The third kappa shape index (κ3) is 3.18. The molecule has 3 rings (SSSR count). The summed E-state index contributed by atoms with van der Waals surface area (Å²) in [4.78, 5) is 11.9. The average molecular weight is 360 g/mol. The van der Waals surface area contributed by atoms with Crippen LogP contribution in [0.5, 0.6) is 0 Å². The number of benzene rings is 1. The van der Waals surface area contributed by atoms with Crippen LogP contribution in [0.4, 0.5) is 0 Å². The number of esters is 1. The van der Waals surface area contributed by atoms with Crippen LogP contribution in [0.3, 0.4) is 0 Å². The van der Waals surface area contributed by atoms with Crippen molar-refractivity contribution in [2.45, 2.75) is 82.3 Å². The SMILES string of the molecule is CCC[C@]1(O)CC[C@]2(CC)c3ccc(C(=O)OC)cc3C(O)CC[C@@H]2C1. The predicted molar refractivity (Wildman–Crippen MR) is 101 cm³/mol. The highest BCUT2D eigenvalue weighted by atomic mass is 16.5. The summed E-state index contributed by atoms with van der Waals surface area (Å²) < 4.78 is 4.85. The van der Waals surface area contributed by atoms with Crippen LogP contribution in [0.1, 0.15) is 92.8 Å². The molecule has 1 saturated carbocycles. The van der Waals surface area contributed by atoms with Gasteiger partial charge in [-0.15, -0.1) is 0 Å². The van der Waals surface area contributed by atoms with Crippen molar-refractivity contribution in [1.29, 1.82) is 0 Å². The molecule has 2 N–H and O–H groups in total. The standard InChI is InChI=1S/C22H32O4/c1-4-10-21(25)11-12-22(5-2)16(14-21)7-9-19(23)17-13-15(20(24)26-3)6-8-18(17)22/h6,8,13,16,19,23,25H,4-5,7,9-12,14H2,1-3H3/t16-,19?,21+,22+/m1/s1. The van der Waals surface area contributed by atoms with Crippen LogP contribution in [0.25, 0.3) is 0 Å². The molecule has 1 unspecified atom stereocenters. The number of carbonyl (C=O) groups is 1. The lowest BCUT2D eigenvalue weighted by atomic mass is 9.56. The van der Waals surface area contributed by atoms with Gasteiger partial charge >= 0.3 is 5.97 Å². The fourth-order valence-electron chi connectivity index (χ4n) is 5.55. The fourth-order valence-corrected chi connectivity index (χ4v) is 5.55. The van der Waals surface area contributed by atoms with E-state index in [1.165, 1.54) is 12.7 Å². The number of ether oxygens (including phenoxy) is 1. The molecule has 1 aromatic rings. The summed E-state index contributed by atoms with van der Waals surface area (Å²) in [7, 11) is 1.38. The molecule has 0 spiro atoms. The van der Waals surface area contributed by atoms with Crippen molar-refractivity contribution >= 4 is 5.97 Å². The molecule has 1 fully saturated rings. The van der Waals surface area contributed by atoms with E-state index in [4.69, 9.17) is 4.74 Å². The second kappa shape index (κ2) is 7.32. The van der Waals surface area contributed by atoms with E-state index < -0.39 is 11.7 Å². The number of aliphatic hydroxyl groups excluding tert-OH is 1. The summed E-state index contributed by atoms with van der Waals surface area (Å²) in [6, 6.07) is 5.67. The summed E-state index contributed by atoms with van der Waals surface area (Å²) in [5.74, 6) is -0.00927. The highest BCUT2D eigenvalue weighted by Gasteiger charge is 2.50. The van der Waals surface area contributed by atoms with Gasteiger partial charge in [-0.2, -0.15) is 0 Å². The van der Waals surface area contributed by atoms with Crippen LogP contribution in [0, 0.1) is 5.92 Å². The number of hydrogen-bond acceptors (Lipinski definition) is 4. The fraction of sp³-hybridized carbons (Fsp3) is 0.682. The second-order valence-corrected chi connectivity index (χ2v) is 8.27. The first-order valence-electron chi connectivity index (χ1n) is 10.0. The lowest BCUT2D eigenvalue weighted by Crippen LogP contribution is -2.47. The van der Waals surface area contributed by atoms with E-state index in [0.29, 0.717) is 17.9 Å². The molecule has 2 aliphatic rings. The zero-order chi connectivity index (χ0) is 18.9.